The van der Waals surface area contributed by atoms with Crippen LogP contribution >= 0.6 is 0 Å². The molecule has 138 valence electrons. The van der Waals surface area contributed by atoms with E-state index in [9.17, 15) is 0 Å². The number of nitrogens with one attached hydrogen (secondary N) is 1. The number of nitrogens with two attached hydrogens (primary N) is 1. The third kappa shape index (κ3) is 3.45. The first-order valence-electron chi connectivity index (χ1n) is 9.05. The van der Waals surface area contributed by atoms with Crippen molar-refractivity contribution in [2.45, 2.75) is 32.0 Å². The van der Waals surface area contributed by atoms with Crippen molar-refractivity contribution in [1.82, 2.24) is 9.97 Å². The summed E-state index contributed by atoms with van der Waals surface area (Å²) in [6.07, 6.45) is 0. The maximum absolute atomic E-state index is 5.82. The van der Waals surface area contributed by atoms with E-state index >= 15 is 0 Å². The average molecular weight is 355 g/mol. The van der Waals surface area contributed by atoms with Crippen LogP contribution in [0, 0.1) is 0 Å². The molecule has 2 aliphatic heterocycles. The summed E-state index contributed by atoms with van der Waals surface area (Å²) in [4.78, 5) is 11.9. The Balaban J connectivity index is 1.75. The zero-order chi connectivity index (χ0) is 18.1. The molecule has 26 heavy (non-hydrogen) atoms. The summed E-state index contributed by atoms with van der Waals surface area (Å²) in [5.41, 5.74) is 7.49. The SMILES string of the molecule is CC(C)Nc1cc(N2C3COCC2COC3)nc(-c2ccc(N)cc2)n1. The van der Waals surface area contributed by atoms with Crippen LogP contribution in [0.15, 0.2) is 30.3 Å². The minimum atomic E-state index is 0.184. The summed E-state index contributed by atoms with van der Waals surface area (Å²) in [6, 6.07) is 10.3. The number of benzene rings is 1. The van der Waals surface area contributed by atoms with Crippen LogP contribution in [0.1, 0.15) is 13.8 Å². The van der Waals surface area contributed by atoms with Crippen molar-refractivity contribution >= 4 is 17.3 Å². The van der Waals surface area contributed by atoms with Gasteiger partial charge in [0.25, 0.3) is 0 Å². The number of nitrogens with zero attached hydrogens (tertiary/aromatic N) is 3. The average Bonchev–Trinajstić information content (AvgIpc) is 2.61. The number of hydrogen-bond donors (Lipinski definition) is 2. The number of morpholine rings is 2. The van der Waals surface area contributed by atoms with Gasteiger partial charge in [0.1, 0.15) is 11.6 Å². The molecule has 0 radical (unpaired) electrons. The van der Waals surface area contributed by atoms with E-state index in [4.69, 9.17) is 25.2 Å². The van der Waals surface area contributed by atoms with Crippen LogP contribution in [0.4, 0.5) is 17.3 Å². The second-order valence-corrected chi connectivity index (χ2v) is 7.15. The molecule has 3 N–H and O–H groups in total. The molecule has 2 bridgehead atoms. The molecule has 4 rings (SSSR count). The molecule has 7 nitrogen and oxygen atoms in total. The van der Waals surface area contributed by atoms with E-state index in [1.54, 1.807) is 0 Å². The monoisotopic (exact) mass is 355 g/mol. The van der Waals surface area contributed by atoms with E-state index < -0.39 is 0 Å². The van der Waals surface area contributed by atoms with E-state index in [1.807, 2.05) is 30.3 Å². The predicted molar refractivity (Wildman–Crippen MR) is 102 cm³/mol. The van der Waals surface area contributed by atoms with Gasteiger partial charge in [0.2, 0.25) is 0 Å². The molecule has 0 aliphatic carbocycles. The fraction of sp³-hybridized carbons (Fsp3) is 0.474. The fourth-order valence-electron chi connectivity index (χ4n) is 3.47. The Kier molecular flexibility index (Phi) is 4.65. The highest BCUT2D eigenvalue weighted by atomic mass is 16.5. The summed E-state index contributed by atoms with van der Waals surface area (Å²) in [7, 11) is 0. The highest BCUT2D eigenvalue weighted by Gasteiger charge is 2.36. The molecule has 0 spiro atoms. The molecule has 2 aliphatic rings. The molecule has 0 atom stereocenters. The molecular weight excluding hydrogens is 330 g/mol. The second-order valence-electron chi connectivity index (χ2n) is 7.15. The summed E-state index contributed by atoms with van der Waals surface area (Å²) >= 11 is 0. The van der Waals surface area contributed by atoms with Gasteiger partial charge < -0.3 is 25.4 Å². The van der Waals surface area contributed by atoms with Gasteiger partial charge in [0.15, 0.2) is 5.82 Å². The van der Waals surface area contributed by atoms with Crippen LogP contribution in [-0.2, 0) is 9.47 Å². The van der Waals surface area contributed by atoms with Crippen LogP contribution in [0.5, 0.6) is 0 Å². The van der Waals surface area contributed by atoms with Gasteiger partial charge in [-0.1, -0.05) is 0 Å². The Morgan fingerprint density at radius 3 is 2.23 bits per heavy atom. The Hall–Kier alpha value is -2.38. The standard InChI is InChI=1S/C19H25N5O2/c1-12(2)21-17-7-18(24-15-8-25-10-16(24)11-26-9-15)23-19(22-17)13-3-5-14(20)6-4-13/h3-7,12,15-16H,8-11,20H2,1-2H3,(H,21,22,23). The van der Waals surface area contributed by atoms with Crippen LogP contribution < -0.4 is 16.0 Å². The van der Waals surface area contributed by atoms with Crippen LogP contribution in [0.25, 0.3) is 11.4 Å². The minimum Gasteiger partial charge on any atom is -0.399 e. The van der Waals surface area contributed by atoms with E-state index in [2.05, 4.69) is 24.1 Å². The number of rotatable bonds is 4. The van der Waals surface area contributed by atoms with Gasteiger partial charge >= 0.3 is 0 Å². The molecule has 0 unspecified atom stereocenters. The summed E-state index contributed by atoms with van der Waals surface area (Å²) in [5.74, 6) is 2.43. The summed E-state index contributed by atoms with van der Waals surface area (Å²) < 4.78 is 11.4. The van der Waals surface area contributed by atoms with Crippen molar-refractivity contribution in [3.05, 3.63) is 30.3 Å². The third-order valence-electron chi connectivity index (χ3n) is 4.61. The first kappa shape index (κ1) is 17.1. The number of fused-ring (bicyclic) bond motifs is 2. The lowest BCUT2D eigenvalue weighted by Gasteiger charge is -2.46. The number of aromatic nitrogens is 2. The lowest BCUT2D eigenvalue weighted by atomic mass is 10.1. The lowest BCUT2D eigenvalue weighted by Crippen LogP contribution is -2.60. The highest BCUT2D eigenvalue weighted by molar-refractivity contribution is 5.64. The van der Waals surface area contributed by atoms with Crippen molar-refractivity contribution in [2.24, 2.45) is 0 Å². The van der Waals surface area contributed by atoms with Gasteiger partial charge in [0, 0.05) is 23.4 Å². The largest absolute Gasteiger partial charge is 0.399 e. The molecule has 2 saturated heterocycles. The molecule has 3 heterocycles. The molecule has 0 amide bonds. The topological polar surface area (TPSA) is 85.5 Å². The van der Waals surface area contributed by atoms with Crippen LogP contribution in [0.2, 0.25) is 0 Å². The maximum Gasteiger partial charge on any atom is 0.163 e. The van der Waals surface area contributed by atoms with Crippen molar-refractivity contribution in [2.75, 3.05) is 42.4 Å². The van der Waals surface area contributed by atoms with Gasteiger partial charge in [0.05, 0.1) is 38.5 Å². The molecule has 7 heteroatoms. The number of nitrogen functional groups attached to an aromatic ring is 1. The molecule has 1 aromatic heterocycles. The first-order valence-corrected chi connectivity index (χ1v) is 9.05. The molecule has 1 aromatic carbocycles. The zero-order valence-electron chi connectivity index (χ0n) is 15.2. The molecular formula is C19H25N5O2. The van der Waals surface area contributed by atoms with Crippen molar-refractivity contribution in [1.29, 1.82) is 0 Å². The second kappa shape index (κ2) is 7.09. The summed E-state index contributed by atoms with van der Waals surface area (Å²) in [5, 5.41) is 3.41. The van der Waals surface area contributed by atoms with Gasteiger partial charge in [-0.05, 0) is 38.1 Å². The number of hydrogen-bond acceptors (Lipinski definition) is 7. The Morgan fingerprint density at radius 1 is 1.04 bits per heavy atom. The molecule has 2 fully saturated rings. The lowest BCUT2D eigenvalue weighted by molar-refractivity contribution is -0.0350. The van der Waals surface area contributed by atoms with Gasteiger partial charge in [-0.25, -0.2) is 9.97 Å². The first-order chi connectivity index (χ1) is 12.6. The van der Waals surface area contributed by atoms with E-state index in [0.29, 0.717) is 32.3 Å². The zero-order valence-corrected chi connectivity index (χ0v) is 15.2. The Bertz CT molecular complexity index is 743. The maximum atomic E-state index is 5.82. The Morgan fingerprint density at radius 2 is 1.65 bits per heavy atom. The van der Waals surface area contributed by atoms with Crippen LogP contribution in [-0.4, -0.2) is 54.5 Å². The summed E-state index contributed by atoms with van der Waals surface area (Å²) in [6.45, 7) is 6.83. The van der Waals surface area contributed by atoms with Crippen LogP contribution in [0.3, 0.4) is 0 Å². The van der Waals surface area contributed by atoms with Gasteiger partial charge in [-0.15, -0.1) is 0 Å². The Labute approximate surface area is 153 Å². The highest BCUT2D eigenvalue weighted by Crippen LogP contribution is 2.29. The molecule has 2 aromatic rings. The third-order valence-corrected chi connectivity index (χ3v) is 4.61. The van der Waals surface area contributed by atoms with Gasteiger partial charge in [-0.3, -0.25) is 0 Å². The van der Waals surface area contributed by atoms with E-state index in [1.165, 1.54) is 0 Å². The van der Waals surface area contributed by atoms with Crippen molar-refractivity contribution in [3.63, 3.8) is 0 Å². The number of anilines is 3. The quantitative estimate of drug-likeness (QED) is 0.813. The van der Waals surface area contributed by atoms with Crippen molar-refractivity contribution in [3.8, 4) is 11.4 Å². The smallest absolute Gasteiger partial charge is 0.163 e. The fourth-order valence-corrected chi connectivity index (χ4v) is 3.47. The normalized spacial score (nSPS) is 22.5. The minimum absolute atomic E-state index is 0.184. The molecule has 0 saturated carbocycles. The predicted octanol–water partition coefficient (Wildman–Crippen LogP) is 2.15. The van der Waals surface area contributed by atoms with E-state index in [0.717, 1.165) is 22.9 Å². The van der Waals surface area contributed by atoms with Gasteiger partial charge in [-0.2, -0.15) is 0 Å². The van der Waals surface area contributed by atoms with Crippen molar-refractivity contribution < 1.29 is 9.47 Å². The van der Waals surface area contributed by atoms with E-state index in [-0.39, 0.29) is 18.1 Å². The number of ether oxygens (including phenoxy) is 2.